The molecular weight excluding hydrogens is 204 g/mol. The molecule has 3 rings (SSSR count). The third-order valence-electron chi connectivity index (χ3n) is 1.56. The molecule has 15 heavy (non-hydrogen) atoms. The average molecular weight is 207 g/mol. The molecule has 0 fully saturated rings. The Bertz CT molecular complexity index is 463. The van der Waals surface area contributed by atoms with E-state index in [1.807, 2.05) is 0 Å². The van der Waals surface area contributed by atoms with Crippen molar-refractivity contribution >= 4 is 11.8 Å². The predicted octanol–water partition coefficient (Wildman–Crippen LogP) is -0.230. The maximum absolute atomic E-state index is 5.07. The van der Waals surface area contributed by atoms with Gasteiger partial charge in [0.1, 0.15) is 0 Å². The van der Waals surface area contributed by atoms with Crippen LogP contribution in [0.2, 0.25) is 0 Å². The monoisotopic (exact) mass is 207 g/mol. The molecule has 9 nitrogen and oxygen atoms in total. The fourth-order valence-electron chi connectivity index (χ4n) is 0.962. The molecule has 9 heteroatoms. The molecule has 0 atom stereocenters. The molecule has 1 radical (unpaired) electrons. The van der Waals surface area contributed by atoms with E-state index in [4.69, 9.17) is 9.15 Å². The van der Waals surface area contributed by atoms with E-state index in [0.29, 0.717) is 0 Å². The van der Waals surface area contributed by atoms with Gasteiger partial charge in [0.2, 0.25) is 12.8 Å². The zero-order chi connectivity index (χ0) is 10.1. The topological polar surface area (TPSA) is 103 Å². The molecule has 3 heterocycles. The second kappa shape index (κ2) is 3.04. The van der Waals surface area contributed by atoms with Gasteiger partial charge in [-0.2, -0.15) is 9.99 Å². The van der Waals surface area contributed by atoms with Gasteiger partial charge in [0.25, 0.3) is 18.6 Å². The Hall–Kier alpha value is -2.45. The van der Waals surface area contributed by atoms with Crippen LogP contribution in [-0.4, -0.2) is 26.2 Å². The first-order valence-corrected chi connectivity index (χ1v) is 3.84. The summed E-state index contributed by atoms with van der Waals surface area (Å²) in [6.07, 6.45) is 2.36. The van der Waals surface area contributed by atoms with Crippen molar-refractivity contribution in [3.8, 4) is 0 Å². The van der Waals surface area contributed by atoms with Crippen LogP contribution in [0.4, 0.5) is 5.95 Å². The maximum Gasteiger partial charge on any atom is 0.305 e. The van der Waals surface area contributed by atoms with E-state index in [1.54, 1.807) is 0 Å². The number of rotatable bonds is 2. The molecule has 0 aliphatic carbocycles. The minimum Gasteiger partial charge on any atom is -0.440 e. The molecule has 0 saturated heterocycles. The number of hydrogen-bond donors (Lipinski definition) is 0. The Morgan fingerprint density at radius 1 is 1.27 bits per heavy atom. The van der Waals surface area contributed by atoms with Gasteiger partial charge in [-0.3, -0.25) is 0 Å². The van der Waals surface area contributed by atoms with Crippen LogP contribution in [0.5, 0.6) is 0 Å². The minimum absolute atomic E-state index is 0.178. The zero-order valence-corrected chi connectivity index (χ0v) is 7.14. The van der Waals surface area contributed by atoms with E-state index < -0.39 is 0 Å². The summed E-state index contributed by atoms with van der Waals surface area (Å²) in [6, 6.07) is 0. The molecule has 75 valence electrons. The molecule has 1 aliphatic rings. The van der Waals surface area contributed by atoms with Crippen LogP contribution in [0.3, 0.4) is 0 Å². The van der Waals surface area contributed by atoms with Crippen molar-refractivity contribution in [1.29, 1.82) is 0 Å². The highest BCUT2D eigenvalue weighted by molar-refractivity contribution is 5.91. The minimum atomic E-state index is 0.178. The second-order valence-electron chi connectivity index (χ2n) is 2.45. The summed E-state index contributed by atoms with van der Waals surface area (Å²) < 4.78 is 14.5. The molecular formula is C6H3N6O3. The van der Waals surface area contributed by atoms with Crippen LogP contribution in [0.25, 0.3) is 0 Å². The van der Waals surface area contributed by atoms with Gasteiger partial charge in [-0.1, -0.05) is 0 Å². The fourth-order valence-corrected chi connectivity index (χ4v) is 0.962. The van der Waals surface area contributed by atoms with Crippen molar-refractivity contribution in [2.75, 3.05) is 5.01 Å². The number of hydrogen-bond acceptors (Lipinski definition) is 9. The summed E-state index contributed by atoms with van der Waals surface area (Å²) in [5, 5.41) is 15.9. The lowest BCUT2D eigenvalue weighted by atomic mass is 10.7. The van der Waals surface area contributed by atoms with Crippen molar-refractivity contribution < 1.29 is 13.7 Å². The second-order valence-corrected chi connectivity index (χ2v) is 2.45. The number of aromatic nitrogens is 4. The van der Waals surface area contributed by atoms with Gasteiger partial charge >= 0.3 is 5.89 Å². The Labute approximate surface area is 82.3 Å². The lowest BCUT2D eigenvalue weighted by molar-refractivity contribution is 0.393. The lowest BCUT2D eigenvalue weighted by Crippen LogP contribution is -2.08. The molecule has 2 aromatic rings. The van der Waals surface area contributed by atoms with Gasteiger partial charge in [-0.25, -0.2) is 0 Å². The van der Waals surface area contributed by atoms with E-state index in [9.17, 15) is 0 Å². The van der Waals surface area contributed by atoms with E-state index in [0.717, 1.165) is 0 Å². The lowest BCUT2D eigenvalue weighted by Gasteiger charge is -2.00. The van der Waals surface area contributed by atoms with Gasteiger partial charge in [-0.05, 0) is 5.16 Å². The zero-order valence-electron chi connectivity index (χ0n) is 7.14. The first-order chi connectivity index (χ1) is 7.43. The fraction of sp³-hybridized carbons (Fsp3) is 0. The summed E-state index contributed by atoms with van der Waals surface area (Å²) >= 11 is 0. The Kier molecular flexibility index (Phi) is 1.60. The molecule has 0 spiro atoms. The molecule has 1 aliphatic heterocycles. The van der Waals surface area contributed by atoms with Crippen LogP contribution in [0.15, 0.2) is 26.8 Å². The van der Waals surface area contributed by atoms with E-state index in [1.165, 1.54) is 24.5 Å². The van der Waals surface area contributed by atoms with E-state index in [2.05, 4.69) is 30.0 Å². The summed E-state index contributed by atoms with van der Waals surface area (Å²) in [7, 11) is 0. The Morgan fingerprint density at radius 3 is 3.00 bits per heavy atom. The van der Waals surface area contributed by atoms with Crippen LogP contribution < -0.4 is 5.01 Å². The Balaban J connectivity index is 1.87. The van der Waals surface area contributed by atoms with E-state index >= 15 is 0 Å². The van der Waals surface area contributed by atoms with Gasteiger partial charge < -0.3 is 13.7 Å². The highest BCUT2D eigenvalue weighted by Crippen LogP contribution is 2.17. The molecule has 0 aromatic carbocycles. The third kappa shape index (κ3) is 1.29. The van der Waals surface area contributed by atoms with E-state index in [-0.39, 0.29) is 17.7 Å². The van der Waals surface area contributed by atoms with Crippen LogP contribution in [0.1, 0.15) is 5.89 Å². The van der Waals surface area contributed by atoms with Crippen molar-refractivity contribution in [2.24, 2.45) is 5.10 Å². The smallest absolute Gasteiger partial charge is 0.305 e. The van der Waals surface area contributed by atoms with Gasteiger partial charge in [0.05, 0.1) is 0 Å². The van der Waals surface area contributed by atoms with Crippen molar-refractivity contribution in [2.45, 2.75) is 0 Å². The summed E-state index contributed by atoms with van der Waals surface area (Å²) in [6.45, 7) is 1.30. The van der Waals surface area contributed by atoms with Crippen LogP contribution >= 0.6 is 0 Å². The molecule has 0 unspecified atom stereocenters. The van der Waals surface area contributed by atoms with Crippen LogP contribution in [-0.2, 0) is 4.74 Å². The predicted molar refractivity (Wildman–Crippen MR) is 43.0 cm³/mol. The van der Waals surface area contributed by atoms with Crippen molar-refractivity contribution in [3.63, 3.8) is 0 Å². The first-order valence-electron chi connectivity index (χ1n) is 3.84. The summed E-state index contributed by atoms with van der Waals surface area (Å²) in [5.41, 5.74) is 0. The highest BCUT2D eigenvalue weighted by Gasteiger charge is 2.25. The molecule has 0 N–H and O–H groups in total. The third-order valence-corrected chi connectivity index (χ3v) is 1.56. The number of hydrazone groups is 1. The first kappa shape index (κ1) is 7.91. The summed E-state index contributed by atoms with van der Waals surface area (Å²) in [4.78, 5) is 3.78. The van der Waals surface area contributed by atoms with Gasteiger partial charge in [0, 0.05) is 0 Å². The SMILES string of the molecule is [CH]1OC(c2nnco2)=NN1c1ncon1. The molecule has 0 saturated carbocycles. The quantitative estimate of drug-likeness (QED) is 0.665. The van der Waals surface area contributed by atoms with Crippen LogP contribution in [0, 0.1) is 6.73 Å². The molecule has 0 amide bonds. The highest BCUT2D eigenvalue weighted by atomic mass is 16.5. The standard InChI is InChI=1S/C6H3N6O3/c1-7-6(11-15-1)12-3-14-5(10-12)4-9-8-2-13-4/h1-3H. The number of ether oxygens (including phenoxy) is 1. The van der Waals surface area contributed by atoms with Gasteiger partial charge in [-0.15, -0.1) is 15.3 Å². The number of anilines is 1. The van der Waals surface area contributed by atoms with Crippen molar-refractivity contribution in [3.05, 3.63) is 25.4 Å². The number of nitrogens with zero attached hydrogens (tertiary/aromatic N) is 6. The molecule has 0 bridgehead atoms. The normalized spacial score (nSPS) is 15.2. The summed E-state index contributed by atoms with van der Waals surface area (Å²) in [5.74, 6) is 0.610. The maximum atomic E-state index is 5.07. The largest absolute Gasteiger partial charge is 0.440 e. The van der Waals surface area contributed by atoms with Crippen molar-refractivity contribution in [1.82, 2.24) is 20.3 Å². The average Bonchev–Trinajstić information content (AvgIpc) is 3.02. The Morgan fingerprint density at radius 2 is 2.27 bits per heavy atom. The van der Waals surface area contributed by atoms with Gasteiger partial charge in [0.15, 0.2) is 0 Å². The molecule has 2 aromatic heterocycles.